The fourth-order valence-electron chi connectivity index (χ4n) is 1.61. The zero-order valence-corrected chi connectivity index (χ0v) is 9.66. The molecule has 14 heavy (non-hydrogen) atoms. The summed E-state index contributed by atoms with van der Waals surface area (Å²) in [4.78, 5) is 3.59. The molecule has 0 amide bonds. The molecule has 2 heterocycles. The van der Waals surface area contributed by atoms with E-state index in [2.05, 4.69) is 27.7 Å². The van der Waals surface area contributed by atoms with Crippen LogP contribution in [0.5, 0.6) is 0 Å². The minimum absolute atomic E-state index is 0.868. The van der Waals surface area contributed by atoms with Crippen molar-refractivity contribution in [3.8, 4) is 0 Å². The van der Waals surface area contributed by atoms with Gasteiger partial charge in [-0.05, 0) is 36.5 Å². The first kappa shape index (κ1) is 9.93. The lowest BCUT2D eigenvalue weighted by Gasteiger charge is -2.19. The molecular formula is C10H14N2S2. The van der Waals surface area contributed by atoms with Gasteiger partial charge in [-0.15, -0.1) is 11.3 Å². The van der Waals surface area contributed by atoms with E-state index >= 15 is 0 Å². The zero-order chi connectivity index (χ0) is 9.80. The third-order valence-corrected chi connectivity index (χ3v) is 3.67. The lowest BCUT2D eigenvalue weighted by molar-refractivity contribution is 0.507. The lowest BCUT2D eigenvalue weighted by Crippen LogP contribution is -2.37. The summed E-state index contributed by atoms with van der Waals surface area (Å²) in [5.74, 6) is 0. The van der Waals surface area contributed by atoms with Crippen LogP contribution in [0.4, 0.5) is 0 Å². The second kappa shape index (κ2) is 4.75. The summed E-state index contributed by atoms with van der Waals surface area (Å²) < 4.78 is 0. The van der Waals surface area contributed by atoms with E-state index in [1.54, 1.807) is 11.3 Å². The van der Waals surface area contributed by atoms with Gasteiger partial charge in [-0.25, -0.2) is 0 Å². The first-order valence-electron chi connectivity index (χ1n) is 4.91. The number of likely N-dealkylation sites (tertiary alicyclic amines) is 1. The van der Waals surface area contributed by atoms with Crippen LogP contribution in [0.2, 0.25) is 0 Å². The monoisotopic (exact) mass is 226 g/mol. The van der Waals surface area contributed by atoms with Gasteiger partial charge in [0.25, 0.3) is 0 Å². The molecule has 1 aromatic rings. The van der Waals surface area contributed by atoms with Crippen molar-refractivity contribution in [1.29, 1.82) is 0 Å². The van der Waals surface area contributed by atoms with Gasteiger partial charge in [-0.2, -0.15) is 0 Å². The molecule has 0 radical (unpaired) electrons. The molecule has 0 unspecified atom stereocenters. The summed E-state index contributed by atoms with van der Waals surface area (Å²) in [5, 5.41) is 6.30. The van der Waals surface area contributed by atoms with Crippen LogP contribution in [0.1, 0.15) is 17.7 Å². The van der Waals surface area contributed by atoms with Crippen LogP contribution in [-0.2, 0) is 6.54 Å². The van der Waals surface area contributed by atoms with E-state index in [-0.39, 0.29) is 0 Å². The molecule has 1 fully saturated rings. The normalized spacial score (nSPS) is 15.9. The van der Waals surface area contributed by atoms with Gasteiger partial charge in [0.2, 0.25) is 0 Å². The van der Waals surface area contributed by atoms with Crippen LogP contribution in [0.25, 0.3) is 0 Å². The van der Waals surface area contributed by atoms with Crippen molar-refractivity contribution >= 4 is 28.7 Å². The first-order valence-corrected chi connectivity index (χ1v) is 6.20. The highest BCUT2D eigenvalue weighted by Gasteiger charge is 2.13. The number of nitrogens with one attached hydrogen (secondary N) is 1. The average molecular weight is 226 g/mol. The quantitative estimate of drug-likeness (QED) is 0.779. The predicted octanol–water partition coefficient (Wildman–Crippen LogP) is 2.22. The molecular weight excluding hydrogens is 212 g/mol. The van der Waals surface area contributed by atoms with Gasteiger partial charge in [-0.1, -0.05) is 6.07 Å². The Bertz CT molecular complexity index is 289. The molecule has 1 aromatic heterocycles. The van der Waals surface area contributed by atoms with Crippen molar-refractivity contribution < 1.29 is 0 Å². The Morgan fingerprint density at radius 2 is 2.29 bits per heavy atom. The van der Waals surface area contributed by atoms with E-state index in [1.165, 1.54) is 17.7 Å². The Balaban J connectivity index is 1.77. The maximum Gasteiger partial charge on any atom is 0.169 e. The van der Waals surface area contributed by atoms with Crippen molar-refractivity contribution in [2.24, 2.45) is 0 Å². The molecule has 0 saturated carbocycles. The molecule has 1 aliphatic rings. The number of nitrogens with zero attached hydrogens (tertiary/aromatic N) is 1. The topological polar surface area (TPSA) is 15.3 Å². The second-order valence-electron chi connectivity index (χ2n) is 3.43. The lowest BCUT2D eigenvalue weighted by atomic mass is 10.4. The van der Waals surface area contributed by atoms with Crippen LogP contribution >= 0.6 is 23.6 Å². The maximum absolute atomic E-state index is 5.31. The largest absolute Gasteiger partial charge is 0.358 e. The highest BCUT2D eigenvalue weighted by atomic mass is 32.1. The molecule has 0 spiro atoms. The molecule has 1 N–H and O–H groups in total. The Hall–Kier alpha value is -0.610. The Morgan fingerprint density at radius 3 is 2.93 bits per heavy atom. The van der Waals surface area contributed by atoms with E-state index in [4.69, 9.17) is 12.2 Å². The maximum atomic E-state index is 5.31. The molecule has 2 nitrogen and oxygen atoms in total. The van der Waals surface area contributed by atoms with Gasteiger partial charge in [0.15, 0.2) is 5.11 Å². The highest BCUT2D eigenvalue weighted by molar-refractivity contribution is 7.80. The van der Waals surface area contributed by atoms with Crippen LogP contribution in [-0.4, -0.2) is 23.1 Å². The van der Waals surface area contributed by atoms with Gasteiger partial charge in [0, 0.05) is 18.0 Å². The minimum Gasteiger partial charge on any atom is -0.358 e. The average Bonchev–Trinajstić information content (AvgIpc) is 2.87. The summed E-state index contributed by atoms with van der Waals surface area (Å²) in [6.07, 6.45) is 2.56. The van der Waals surface area contributed by atoms with E-state index < -0.39 is 0 Å². The van der Waals surface area contributed by atoms with E-state index in [9.17, 15) is 0 Å². The fraction of sp³-hybridized carbons (Fsp3) is 0.500. The second-order valence-corrected chi connectivity index (χ2v) is 4.85. The van der Waals surface area contributed by atoms with Crippen LogP contribution in [0.15, 0.2) is 17.5 Å². The van der Waals surface area contributed by atoms with Crippen LogP contribution < -0.4 is 5.32 Å². The molecule has 4 heteroatoms. The standard InChI is InChI=1S/C10H14N2S2/c13-10(12-5-1-2-6-12)11-8-9-4-3-7-14-9/h3-4,7H,1-2,5-6,8H2,(H,11,13). The molecule has 0 bridgehead atoms. The van der Waals surface area contributed by atoms with E-state index in [0.29, 0.717) is 0 Å². The van der Waals surface area contributed by atoms with E-state index in [1.807, 2.05) is 0 Å². The number of rotatable bonds is 2. The van der Waals surface area contributed by atoms with Gasteiger partial charge in [0.05, 0.1) is 6.54 Å². The first-order chi connectivity index (χ1) is 6.86. The Labute approximate surface area is 93.9 Å². The van der Waals surface area contributed by atoms with Gasteiger partial charge in [-0.3, -0.25) is 0 Å². The highest BCUT2D eigenvalue weighted by Crippen LogP contribution is 2.10. The van der Waals surface area contributed by atoms with E-state index in [0.717, 1.165) is 24.7 Å². The Morgan fingerprint density at radius 1 is 1.50 bits per heavy atom. The SMILES string of the molecule is S=C(NCc1cccs1)N1CCCC1. The third-order valence-electron chi connectivity index (χ3n) is 2.39. The van der Waals surface area contributed by atoms with Crippen molar-refractivity contribution in [3.63, 3.8) is 0 Å². The molecule has 0 atom stereocenters. The van der Waals surface area contributed by atoms with Crippen molar-refractivity contribution in [3.05, 3.63) is 22.4 Å². The number of hydrogen-bond donors (Lipinski definition) is 1. The zero-order valence-electron chi connectivity index (χ0n) is 8.03. The summed E-state index contributed by atoms with van der Waals surface area (Å²) in [7, 11) is 0. The molecule has 0 aliphatic carbocycles. The van der Waals surface area contributed by atoms with Crippen molar-refractivity contribution in [2.45, 2.75) is 19.4 Å². The van der Waals surface area contributed by atoms with Crippen molar-refractivity contribution in [1.82, 2.24) is 10.2 Å². The minimum atomic E-state index is 0.868. The molecule has 1 aliphatic heterocycles. The summed E-state index contributed by atoms with van der Waals surface area (Å²) in [5.41, 5.74) is 0. The fourth-order valence-corrected chi connectivity index (χ4v) is 2.51. The van der Waals surface area contributed by atoms with Gasteiger partial charge in [0.1, 0.15) is 0 Å². The van der Waals surface area contributed by atoms with Crippen molar-refractivity contribution in [2.75, 3.05) is 13.1 Å². The van der Waals surface area contributed by atoms with Gasteiger partial charge < -0.3 is 10.2 Å². The number of thiocarbonyl (C=S) groups is 1. The Kier molecular flexibility index (Phi) is 3.37. The van der Waals surface area contributed by atoms with Crippen LogP contribution in [0.3, 0.4) is 0 Å². The summed E-state index contributed by atoms with van der Waals surface area (Å²) >= 11 is 7.07. The molecule has 2 rings (SSSR count). The van der Waals surface area contributed by atoms with Crippen LogP contribution in [0, 0.1) is 0 Å². The summed E-state index contributed by atoms with van der Waals surface area (Å²) in [6.45, 7) is 3.11. The summed E-state index contributed by atoms with van der Waals surface area (Å²) in [6, 6.07) is 4.20. The molecule has 76 valence electrons. The third kappa shape index (κ3) is 2.45. The smallest absolute Gasteiger partial charge is 0.169 e. The number of thiophene rings is 1. The number of hydrogen-bond acceptors (Lipinski definition) is 2. The molecule has 0 aromatic carbocycles. The predicted molar refractivity (Wildman–Crippen MR) is 64.6 cm³/mol. The molecule has 1 saturated heterocycles. The van der Waals surface area contributed by atoms with Gasteiger partial charge >= 0.3 is 0 Å².